The number of nitrogens with one attached hydrogen (secondary N) is 1. The Morgan fingerprint density at radius 3 is 2.50 bits per heavy atom. The Bertz CT molecular complexity index is 419. The van der Waals surface area contributed by atoms with Crippen LogP contribution in [0.25, 0.3) is 0 Å². The Morgan fingerprint density at radius 2 is 1.94 bits per heavy atom. The van der Waals surface area contributed by atoms with E-state index in [9.17, 15) is 4.79 Å². The molecule has 18 heavy (non-hydrogen) atoms. The van der Waals surface area contributed by atoms with Crippen molar-refractivity contribution in [3.63, 3.8) is 0 Å². The molecule has 0 aromatic heterocycles. The molecule has 100 valence electrons. The maximum absolute atomic E-state index is 10.8. The number of nitrogens with two attached hydrogens (primary N) is 1. The zero-order valence-corrected chi connectivity index (χ0v) is 11.8. The molecule has 0 heterocycles. The van der Waals surface area contributed by atoms with Crippen molar-refractivity contribution in [3.05, 3.63) is 34.9 Å². The normalized spacial score (nSPS) is 11.3. The van der Waals surface area contributed by atoms with Crippen LogP contribution in [0.3, 0.4) is 0 Å². The van der Waals surface area contributed by atoms with E-state index in [0.29, 0.717) is 12.0 Å². The lowest BCUT2D eigenvalue weighted by Crippen LogP contribution is -2.29. The molecule has 0 saturated carbocycles. The van der Waals surface area contributed by atoms with Crippen LogP contribution < -0.4 is 11.1 Å². The van der Waals surface area contributed by atoms with Crippen LogP contribution in [-0.4, -0.2) is 6.03 Å². The van der Waals surface area contributed by atoms with E-state index in [2.05, 4.69) is 51.2 Å². The van der Waals surface area contributed by atoms with Crippen LogP contribution in [0.4, 0.5) is 4.79 Å². The quantitative estimate of drug-likeness (QED) is 0.845. The molecular formula is C15H24N2O. The summed E-state index contributed by atoms with van der Waals surface area (Å²) in [4.78, 5) is 10.8. The minimum absolute atomic E-state index is 0.318. The van der Waals surface area contributed by atoms with Crippen LogP contribution in [-0.2, 0) is 13.0 Å². The molecule has 3 heteroatoms. The predicted octanol–water partition coefficient (Wildman–Crippen LogP) is 3.14. The molecule has 0 aliphatic heterocycles. The van der Waals surface area contributed by atoms with Gasteiger partial charge >= 0.3 is 6.03 Å². The first-order valence-corrected chi connectivity index (χ1v) is 6.40. The fraction of sp³-hybridized carbons (Fsp3) is 0.533. The van der Waals surface area contributed by atoms with Gasteiger partial charge < -0.3 is 11.1 Å². The van der Waals surface area contributed by atoms with Crippen LogP contribution in [0.15, 0.2) is 18.2 Å². The van der Waals surface area contributed by atoms with E-state index in [-0.39, 0.29) is 0 Å². The maximum atomic E-state index is 10.8. The van der Waals surface area contributed by atoms with Gasteiger partial charge in [-0.25, -0.2) is 4.79 Å². The van der Waals surface area contributed by atoms with Crippen molar-refractivity contribution in [2.75, 3.05) is 0 Å². The topological polar surface area (TPSA) is 55.1 Å². The van der Waals surface area contributed by atoms with Crippen molar-refractivity contribution >= 4 is 6.03 Å². The number of aryl methyl sites for hydroxylation is 2. The monoisotopic (exact) mass is 248 g/mol. The van der Waals surface area contributed by atoms with E-state index in [1.807, 2.05) is 0 Å². The van der Waals surface area contributed by atoms with Gasteiger partial charge in [0.1, 0.15) is 0 Å². The van der Waals surface area contributed by atoms with Crippen LogP contribution in [0.2, 0.25) is 0 Å². The number of hydrogen-bond acceptors (Lipinski definition) is 1. The fourth-order valence-electron chi connectivity index (χ4n) is 1.85. The van der Waals surface area contributed by atoms with Crippen LogP contribution in [0.5, 0.6) is 0 Å². The van der Waals surface area contributed by atoms with E-state index < -0.39 is 6.03 Å². The Hall–Kier alpha value is -1.51. The van der Waals surface area contributed by atoms with Gasteiger partial charge in [-0.1, -0.05) is 44.5 Å². The number of carbonyl (C=O) groups is 1. The molecule has 0 radical (unpaired) electrons. The van der Waals surface area contributed by atoms with Crippen LogP contribution >= 0.6 is 0 Å². The Labute approximate surface area is 110 Å². The second-order valence-electron chi connectivity index (χ2n) is 6.05. The average Bonchev–Trinajstić information content (AvgIpc) is 2.23. The summed E-state index contributed by atoms with van der Waals surface area (Å²) < 4.78 is 0. The van der Waals surface area contributed by atoms with Gasteiger partial charge in [-0.15, -0.1) is 0 Å². The first-order chi connectivity index (χ1) is 8.28. The number of carbonyl (C=O) groups excluding carboxylic acids is 1. The molecule has 2 amide bonds. The first kappa shape index (κ1) is 14.6. The van der Waals surface area contributed by atoms with Crippen molar-refractivity contribution < 1.29 is 4.79 Å². The second kappa shape index (κ2) is 5.89. The largest absolute Gasteiger partial charge is 0.352 e. The van der Waals surface area contributed by atoms with E-state index in [4.69, 9.17) is 5.73 Å². The SMILES string of the molecule is Cc1ccc(CNC(N)=O)c(CCC(C)(C)C)c1. The Balaban J connectivity index is 2.79. The fourth-order valence-corrected chi connectivity index (χ4v) is 1.85. The van der Waals surface area contributed by atoms with Gasteiger partial charge in [0.05, 0.1) is 0 Å². The summed E-state index contributed by atoms with van der Waals surface area (Å²) in [5.41, 5.74) is 9.14. The molecule has 0 bridgehead atoms. The van der Waals surface area contributed by atoms with E-state index in [0.717, 1.165) is 18.4 Å². The Morgan fingerprint density at radius 1 is 1.28 bits per heavy atom. The van der Waals surface area contributed by atoms with Crippen molar-refractivity contribution in [1.82, 2.24) is 5.32 Å². The summed E-state index contributed by atoms with van der Waals surface area (Å²) in [6.07, 6.45) is 2.15. The lowest BCUT2D eigenvalue weighted by atomic mass is 9.87. The number of rotatable bonds is 4. The summed E-state index contributed by atoms with van der Waals surface area (Å²) in [5, 5.41) is 2.66. The predicted molar refractivity (Wildman–Crippen MR) is 75.4 cm³/mol. The third-order valence-corrected chi connectivity index (χ3v) is 2.96. The molecule has 1 aromatic carbocycles. The minimum Gasteiger partial charge on any atom is -0.352 e. The van der Waals surface area contributed by atoms with Gasteiger partial charge in [-0.3, -0.25) is 0 Å². The van der Waals surface area contributed by atoms with Gasteiger partial charge in [-0.05, 0) is 36.3 Å². The molecule has 0 aliphatic carbocycles. The molecule has 0 spiro atoms. The summed E-state index contributed by atoms with van der Waals surface area (Å²) >= 11 is 0. The zero-order chi connectivity index (χ0) is 13.8. The highest BCUT2D eigenvalue weighted by Crippen LogP contribution is 2.23. The molecule has 1 rings (SSSR count). The maximum Gasteiger partial charge on any atom is 0.312 e. The number of urea groups is 1. The van der Waals surface area contributed by atoms with E-state index in [1.165, 1.54) is 11.1 Å². The molecule has 3 nitrogen and oxygen atoms in total. The van der Waals surface area contributed by atoms with Crippen LogP contribution in [0.1, 0.15) is 43.9 Å². The van der Waals surface area contributed by atoms with Crippen molar-refractivity contribution in [3.8, 4) is 0 Å². The lowest BCUT2D eigenvalue weighted by Gasteiger charge is -2.19. The van der Waals surface area contributed by atoms with Gasteiger partial charge in [0.2, 0.25) is 0 Å². The second-order valence-corrected chi connectivity index (χ2v) is 6.05. The van der Waals surface area contributed by atoms with Gasteiger partial charge in [0.15, 0.2) is 0 Å². The minimum atomic E-state index is -0.475. The molecule has 0 unspecified atom stereocenters. The number of benzene rings is 1. The summed E-state index contributed by atoms with van der Waals surface area (Å²) in [6.45, 7) is 9.32. The van der Waals surface area contributed by atoms with Gasteiger partial charge in [0, 0.05) is 6.54 Å². The number of hydrogen-bond donors (Lipinski definition) is 2. The summed E-state index contributed by atoms with van der Waals surface area (Å²) in [5.74, 6) is 0. The van der Waals surface area contributed by atoms with E-state index >= 15 is 0 Å². The third kappa shape index (κ3) is 5.21. The standard InChI is InChI=1S/C15H24N2O/c1-11-5-6-13(10-17-14(16)18)12(9-11)7-8-15(2,3)4/h5-6,9H,7-8,10H2,1-4H3,(H3,16,17,18). The van der Waals surface area contributed by atoms with Crippen LogP contribution in [0, 0.1) is 12.3 Å². The van der Waals surface area contributed by atoms with Crippen molar-refractivity contribution in [2.24, 2.45) is 11.1 Å². The average molecular weight is 248 g/mol. The van der Waals surface area contributed by atoms with Gasteiger partial charge in [0.25, 0.3) is 0 Å². The Kier molecular flexibility index (Phi) is 4.76. The molecule has 3 N–H and O–H groups in total. The van der Waals surface area contributed by atoms with Crippen molar-refractivity contribution in [1.29, 1.82) is 0 Å². The smallest absolute Gasteiger partial charge is 0.312 e. The summed E-state index contributed by atoms with van der Waals surface area (Å²) in [7, 11) is 0. The lowest BCUT2D eigenvalue weighted by molar-refractivity contribution is 0.248. The highest BCUT2D eigenvalue weighted by molar-refractivity contribution is 5.71. The molecular weight excluding hydrogens is 224 g/mol. The zero-order valence-electron chi connectivity index (χ0n) is 11.8. The first-order valence-electron chi connectivity index (χ1n) is 6.40. The molecule has 0 atom stereocenters. The molecule has 0 saturated heterocycles. The molecule has 0 fully saturated rings. The van der Waals surface area contributed by atoms with Crippen molar-refractivity contribution in [2.45, 2.75) is 47.1 Å². The highest BCUT2D eigenvalue weighted by Gasteiger charge is 2.12. The molecule has 1 aromatic rings. The number of amides is 2. The highest BCUT2D eigenvalue weighted by atomic mass is 16.2. The van der Waals surface area contributed by atoms with Gasteiger partial charge in [-0.2, -0.15) is 0 Å². The third-order valence-electron chi connectivity index (χ3n) is 2.96. The molecule has 0 aliphatic rings. The number of primary amides is 1. The summed E-state index contributed by atoms with van der Waals surface area (Å²) in [6, 6.07) is 5.86. The van der Waals surface area contributed by atoms with E-state index in [1.54, 1.807) is 0 Å².